The van der Waals surface area contributed by atoms with Gasteiger partial charge in [-0.05, 0) is 25.5 Å². The zero-order valence-corrected chi connectivity index (χ0v) is 9.61. The number of carbonyl (C=O) groups is 1. The van der Waals surface area contributed by atoms with Gasteiger partial charge >= 0.3 is 5.97 Å². The predicted octanol–water partition coefficient (Wildman–Crippen LogP) is 1.41. The summed E-state index contributed by atoms with van der Waals surface area (Å²) in [5, 5.41) is 0.746. The van der Waals surface area contributed by atoms with Gasteiger partial charge in [0, 0.05) is 17.8 Å². The van der Waals surface area contributed by atoms with E-state index < -0.39 is 11.5 Å². The van der Waals surface area contributed by atoms with Gasteiger partial charge in [-0.3, -0.25) is 9.78 Å². The highest BCUT2D eigenvalue weighted by Gasteiger charge is 2.17. The Bertz CT molecular complexity index is 631. The Morgan fingerprint density at radius 1 is 1.53 bits per heavy atom. The summed E-state index contributed by atoms with van der Waals surface area (Å²) in [7, 11) is 0. The molecule has 2 aromatic rings. The number of ether oxygens (including phenoxy) is 1. The number of nitrogens with one attached hydrogen (secondary N) is 1. The summed E-state index contributed by atoms with van der Waals surface area (Å²) in [6, 6.07) is 1.69. The number of carbonyl (C=O) groups excluding carboxylic acids is 1. The molecule has 0 aromatic carbocycles. The highest BCUT2D eigenvalue weighted by atomic mass is 16.5. The van der Waals surface area contributed by atoms with Gasteiger partial charge in [0.1, 0.15) is 5.56 Å². The van der Waals surface area contributed by atoms with E-state index >= 15 is 0 Å². The average Bonchev–Trinajstić information content (AvgIpc) is 2.29. The third-order valence-electron chi connectivity index (χ3n) is 2.55. The number of esters is 1. The maximum absolute atomic E-state index is 11.8. The molecule has 0 saturated heterocycles. The van der Waals surface area contributed by atoms with E-state index in [1.54, 1.807) is 32.3 Å². The van der Waals surface area contributed by atoms with Gasteiger partial charge in [-0.2, -0.15) is 0 Å². The zero-order valence-electron chi connectivity index (χ0n) is 9.61. The summed E-state index contributed by atoms with van der Waals surface area (Å²) in [6.07, 6.45) is 3.20. The second-order valence-corrected chi connectivity index (χ2v) is 3.60. The lowest BCUT2D eigenvalue weighted by atomic mass is 10.1. The van der Waals surface area contributed by atoms with Crippen LogP contribution in [0.25, 0.3) is 10.9 Å². The molecule has 5 nitrogen and oxygen atoms in total. The molecule has 0 aliphatic rings. The van der Waals surface area contributed by atoms with E-state index in [0.29, 0.717) is 11.1 Å². The van der Waals surface area contributed by atoms with Crippen molar-refractivity contribution in [2.75, 3.05) is 6.61 Å². The Labute approximate surface area is 97.4 Å². The van der Waals surface area contributed by atoms with Crippen LogP contribution < -0.4 is 5.56 Å². The van der Waals surface area contributed by atoms with Crippen LogP contribution in [0.1, 0.15) is 22.8 Å². The first-order valence-electron chi connectivity index (χ1n) is 5.29. The Hall–Kier alpha value is -2.17. The summed E-state index contributed by atoms with van der Waals surface area (Å²) in [5.41, 5.74) is 0.873. The van der Waals surface area contributed by atoms with E-state index in [1.807, 2.05) is 0 Å². The van der Waals surface area contributed by atoms with Crippen LogP contribution in [0.3, 0.4) is 0 Å². The fraction of sp³-hybridized carbons (Fsp3) is 0.250. The van der Waals surface area contributed by atoms with E-state index in [9.17, 15) is 9.59 Å². The second-order valence-electron chi connectivity index (χ2n) is 3.60. The summed E-state index contributed by atoms with van der Waals surface area (Å²) < 4.78 is 4.86. The van der Waals surface area contributed by atoms with Crippen molar-refractivity contribution in [3.63, 3.8) is 0 Å². The van der Waals surface area contributed by atoms with Crippen molar-refractivity contribution in [2.24, 2.45) is 0 Å². The standard InChI is InChI=1S/C12H12N2O3/c1-3-17-12(16)10-7(2)8-6-13-5-4-9(8)14-11(10)15/h4-6H,3H2,1-2H3,(H,14,15). The average molecular weight is 232 g/mol. The van der Waals surface area contributed by atoms with Crippen molar-refractivity contribution in [1.82, 2.24) is 9.97 Å². The molecule has 17 heavy (non-hydrogen) atoms. The molecule has 0 saturated carbocycles. The number of hydrogen-bond acceptors (Lipinski definition) is 4. The number of aromatic amines is 1. The molecular weight excluding hydrogens is 220 g/mol. The van der Waals surface area contributed by atoms with Crippen LogP contribution in [0.15, 0.2) is 23.3 Å². The van der Waals surface area contributed by atoms with Crippen LogP contribution in [0, 0.1) is 6.92 Å². The van der Waals surface area contributed by atoms with Crippen LogP contribution in [0.2, 0.25) is 0 Å². The van der Waals surface area contributed by atoms with Crippen LogP contribution >= 0.6 is 0 Å². The number of H-pyrrole nitrogens is 1. The molecular formula is C12H12N2O3. The van der Waals surface area contributed by atoms with E-state index in [2.05, 4.69) is 9.97 Å². The molecule has 0 radical (unpaired) electrons. The number of aromatic nitrogens is 2. The van der Waals surface area contributed by atoms with Crippen molar-refractivity contribution < 1.29 is 9.53 Å². The van der Waals surface area contributed by atoms with Gasteiger partial charge in [0.15, 0.2) is 0 Å². The molecule has 1 N–H and O–H groups in total. The van der Waals surface area contributed by atoms with Crippen LogP contribution in [0.4, 0.5) is 0 Å². The lowest BCUT2D eigenvalue weighted by Gasteiger charge is -2.07. The number of nitrogens with zero attached hydrogens (tertiary/aromatic N) is 1. The number of fused-ring (bicyclic) bond motifs is 1. The Morgan fingerprint density at radius 3 is 3.00 bits per heavy atom. The van der Waals surface area contributed by atoms with Gasteiger partial charge in [-0.15, -0.1) is 0 Å². The number of rotatable bonds is 2. The normalized spacial score (nSPS) is 10.5. The van der Waals surface area contributed by atoms with Crippen LogP contribution in [-0.2, 0) is 4.74 Å². The largest absolute Gasteiger partial charge is 0.462 e. The smallest absolute Gasteiger partial charge is 0.344 e. The van der Waals surface area contributed by atoms with Gasteiger partial charge < -0.3 is 9.72 Å². The first kappa shape index (κ1) is 11.3. The fourth-order valence-corrected chi connectivity index (χ4v) is 1.74. The van der Waals surface area contributed by atoms with E-state index in [0.717, 1.165) is 5.39 Å². The number of aryl methyl sites for hydroxylation is 1. The molecule has 5 heteroatoms. The first-order chi connectivity index (χ1) is 8.15. The summed E-state index contributed by atoms with van der Waals surface area (Å²) >= 11 is 0. The van der Waals surface area contributed by atoms with E-state index in [-0.39, 0.29) is 12.2 Å². The maximum atomic E-state index is 11.8. The van der Waals surface area contributed by atoms with Crippen LogP contribution in [0.5, 0.6) is 0 Å². The molecule has 0 spiro atoms. The van der Waals surface area contributed by atoms with Crippen LogP contribution in [-0.4, -0.2) is 22.5 Å². The van der Waals surface area contributed by atoms with Crippen molar-refractivity contribution in [3.05, 3.63) is 39.9 Å². The monoisotopic (exact) mass is 232 g/mol. The molecule has 2 rings (SSSR count). The van der Waals surface area contributed by atoms with Crippen molar-refractivity contribution >= 4 is 16.9 Å². The van der Waals surface area contributed by atoms with E-state index in [4.69, 9.17) is 4.74 Å². The number of pyridine rings is 2. The molecule has 0 unspecified atom stereocenters. The summed E-state index contributed by atoms with van der Waals surface area (Å²) in [4.78, 5) is 30.1. The lowest BCUT2D eigenvalue weighted by molar-refractivity contribution is 0.0523. The summed E-state index contributed by atoms with van der Waals surface area (Å²) in [5.74, 6) is -0.600. The van der Waals surface area contributed by atoms with Gasteiger partial charge in [-0.1, -0.05) is 0 Å². The Kier molecular flexibility index (Phi) is 2.91. The third kappa shape index (κ3) is 1.91. The minimum atomic E-state index is -0.600. The van der Waals surface area contributed by atoms with Crippen molar-refractivity contribution in [1.29, 1.82) is 0 Å². The molecule has 0 amide bonds. The third-order valence-corrected chi connectivity index (χ3v) is 2.55. The molecule has 88 valence electrons. The molecule has 2 aromatic heterocycles. The first-order valence-corrected chi connectivity index (χ1v) is 5.29. The minimum Gasteiger partial charge on any atom is -0.462 e. The summed E-state index contributed by atoms with van der Waals surface area (Å²) in [6.45, 7) is 3.65. The SMILES string of the molecule is CCOC(=O)c1c(C)c2cnccc2[nH]c1=O. The fourth-order valence-electron chi connectivity index (χ4n) is 1.74. The van der Waals surface area contributed by atoms with Gasteiger partial charge in [0.25, 0.3) is 5.56 Å². The predicted molar refractivity (Wildman–Crippen MR) is 63.1 cm³/mol. The van der Waals surface area contributed by atoms with Gasteiger partial charge in [0.05, 0.1) is 12.1 Å². The maximum Gasteiger partial charge on any atom is 0.344 e. The highest BCUT2D eigenvalue weighted by molar-refractivity contribution is 5.96. The van der Waals surface area contributed by atoms with E-state index in [1.165, 1.54) is 0 Å². The highest BCUT2D eigenvalue weighted by Crippen LogP contribution is 2.16. The quantitative estimate of drug-likeness (QED) is 0.794. The topological polar surface area (TPSA) is 72.0 Å². The molecule has 2 heterocycles. The molecule has 0 fully saturated rings. The molecule has 0 aliphatic carbocycles. The van der Waals surface area contributed by atoms with Crippen molar-refractivity contribution in [3.8, 4) is 0 Å². The molecule has 0 bridgehead atoms. The molecule has 0 aliphatic heterocycles. The lowest BCUT2D eigenvalue weighted by Crippen LogP contribution is -2.21. The molecule has 0 atom stereocenters. The Morgan fingerprint density at radius 2 is 2.29 bits per heavy atom. The number of hydrogen-bond donors (Lipinski definition) is 1. The van der Waals surface area contributed by atoms with Gasteiger partial charge in [-0.25, -0.2) is 4.79 Å². The van der Waals surface area contributed by atoms with Crippen molar-refractivity contribution in [2.45, 2.75) is 13.8 Å². The van der Waals surface area contributed by atoms with Gasteiger partial charge in [0.2, 0.25) is 0 Å². The second kappa shape index (κ2) is 4.37. The zero-order chi connectivity index (χ0) is 12.4. The minimum absolute atomic E-state index is 0.0485. The Balaban J connectivity index is 2.72.